The van der Waals surface area contributed by atoms with Crippen LogP contribution < -0.4 is 5.73 Å². The number of fused-ring (bicyclic) bond motifs is 1. The lowest BCUT2D eigenvalue weighted by atomic mass is 10.0. The second kappa shape index (κ2) is 3.83. The van der Waals surface area contributed by atoms with Gasteiger partial charge in [0, 0.05) is 17.1 Å². The molecule has 1 aromatic heterocycles. The normalized spacial score (nSPS) is 13.3. The molecule has 15 heavy (non-hydrogen) atoms. The molecule has 2 nitrogen and oxygen atoms in total. The van der Waals surface area contributed by atoms with Gasteiger partial charge in [0.2, 0.25) is 0 Å². The van der Waals surface area contributed by atoms with Crippen molar-refractivity contribution in [1.29, 1.82) is 0 Å². The van der Waals surface area contributed by atoms with Gasteiger partial charge in [-0.25, -0.2) is 4.39 Å². The summed E-state index contributed by atoms with van der Waals surface area (Å²) in [5, 5.41) is 0.992. The lowest BCUT2D eigenvalue weighted by molar-refractivity contribution is 0.630. The number of hydrogen-bond donors (Lipinski definition) is 2. The van der Waals surface area contributed by atoms with Gasteiger partial charge in [0.25, 0.3) is 0 Å². The van der Waals surface area contributed by atoms with Gasteiger partial charge >= 0.3 is 0 Å². The predicted octanol–water partition coefficient (Wildman–Crippen LogP) is 3.02. The minimum atomic E-state index is -0.394. The van der Waals surface area contributed by atoms with E-state index in [-0.39, 0.29) is 10.9 Å². The van der Waals surface area contributed by atoms with Gasteiger partial charge in [-0.15, -0.1) is 0 Å². The molecule has 1 aromatic carbocycles. The average Bonchev–Trinajstić information content (AvgIpc) is 2.61. The van der Waals surface area contributed by atoms with Crippen LogP contribution in [0, 0.1) is 5.82 Å². The van der Waals surface area contributed by atoms with Crippen LogP contribution in [0.2, 0.25) is 5.02 Å². The minimum absolute atomic E-state index is 0.135. The van der Waals surface area contributed by atoms with E-state index in [9.17, 15) is 4.39 Å². The van der Waals surface area contributed by atoms with E-state index in [4.69, 9.17) is 17.3 Å². The lowest BCUT2D eigenvalue weighted by Gasteiger charge is -2.06. The van der Waals surface area contributed by atoms with Crippen molar-refractivity contribution in [2.45, 2.75) is 12.8 Å². The first-order chi connectivity index (χ1) is 7.13. The van der Waals surface area contributed by atoms with Crippen LogP contribution in [0.3, 0.4) is 0 Å². The second-order valence-electron chi connectivity index (χ2n) is 3.69. The second-order valence-corrected chi connectivity index (χ2v) is 4.10. The summed E-state index contributed by atoms with van der Waals surface area (Å²) in [6.45, 7) is 2.55. The van der Waals surface area contributed by atoms with E-state index in [1.807, 2.05) is 13.1 Å². The zero-order valence-corrected chi connectivity index (χ0v) is 9.11. The Morgan fingerprint density at radius 1 is 1.53 bits per heavy atom. The van der Waals surface area contributed by atoms with Gasteiger partial charge in [-0.2, -0.15) is 0 Å². The van der Waals surface area contributed by atoms with Crippen LogP contribution in [0.25, 0.3) is 10.9 Å². The van der Waals surface area contributed by atoms with Gasteiger partial charge in [-0.05, 0) is 30.2 Å². The summed E-state index contributed by atoms with van der Waals surface area (Å²) in [5.41, 5.74) is 7.46. The van der Waals surface area contributed by atoms with Crippen LogP contribution in [0.15, 0.2) is 18.3 Å². The molecule has 0 aliphatic carbocycles. The molecule has 3 N–H and O–H groups in total. The van der Waals surface area contributed by atoms with Crippen molar-refractivity contribution in [3.05, 3.63) is 34.7 Å². The highest BCUT2D eigenvalue weighted by molar-refractivity contribution is 6.31. The van der Waals surface area contributed by atoms with Gasteiger partial charge in [0.1, 0.15) is 5.82 Å². The Hall–Kier alpha value is -1.06. The third-order valence-electron chi connectivity index (χ3n) is 2.64. The summed E-state index contributed by atoms with van der Waals surface area (Å²) in [5.74, 6) is -0.187. The predicted molar refractivity (Wildman–Crippen MR) is 60.7 cm³/mol. The standard InChI is InChI=1S/C11H12ClFN2/c1-6(4-14)8-5-15-11-3-9(12)10(13)2-7(8)11/h2-3,5-6,15H,4,14H2,1H3/t6-/m1/s1. The Morgan fingerprint density at radius 3 is 2.93 bits per heavy atom. The highest BCUT2D eigenvalue weighted by atomic mass is 35.5. The molecule has 80 valence electrons. The fraction of sp³-hybridized carbons (Fsp3) is 0.273. The number of hydrogen-bond acceptors (Lipinski definition) is 1. The van der Waals surface area contributed by atoms with Crippen LogP contribution in [0.4, 0.5) is 4.39 Å². The Bertz CT molecular complexity index is 493. The molecule has 0 aliphatic rings. The summed E-state index contributed by atoms with van der Waals surface area (Å²) in [7, 11) is 0. The molecule has 1 atom stereocenters. The molecule has 0 bridgehead atoms. The maximum Gasteiger partial charge on any atom is 0.142 e. The summed E-state index contributed by atoms with van der Waals surface area (Å²) >= 11 is 5.69. The highest BCUT2D eigenvalue weighted by Crippen LogP contribution is 2.28. The van der Waals surface area contributed by atoms with E-state index in [0.717, 1.165) is 16.5 Å². The molecular weight excluding hydrogens is 215 g/mol. The molecule has 0 unspecified atom stereocenters. The lowest BCUT2D eigenvalue weighted by Crippen LogP contribution is -2.08. The monoisotopic (exact) mass is 226 g/mol. The molecule has 0 aliphatic heterocycles. The number of benzene rings is 1. The van der Waals surface area contributed by atoms with Crippen LogP contribution in [-0.2, 0) is 0 Å². The van der Waals surface area contributed by atoms with Crippen LogP contribution in [0.5, 0.6) is 0 Å². The van der Waals surface area contributed by atoms with Crippen LogP contribution in [0.1, 0.15) is 18.4 Å². The zero-order valence-electron chi connectivity index (χ0n) is 8.35. The van der Waals surface area contributed by atoms with E-state index < -0.39 is 5.82 Å². The molecule has 0 saturated heterocycles. The number of H-pyrrole nitrogens is 1. The van der Waals surface area contributed by atoms with Crippen molar-refractivity contribution < 1.29 is 4.39 Å². The molecule has 0 saturated carbocycles. The number of aromatic amines is 1. The molecule has 0 fully saturated rings. The Morgan fingerprint density at radius 2 is 2.27 bits per heavy atom. The van der Waals surface area contributed by atoms with E-state index in [2.05, 4.69) is 4.98 Å². The van der Waals surface area contributed by atoms with Crippen molar-refractivity contribution in [1.82, 2.24) is 4.98 Å². The third kappa shape index (κ3) is 1.73. The SMILES string of the molecule is C[C@H](CN)c1c[nH]c2cc(Cl)c(F)cc12. The molecule has 0 amide bonds. The number of nitrogens with one attached hydrogen (secondary N) is 1. The molecule has 4 heteroatoms. The third-order valence-corrected chi connectivity index (χ3v) is 2.93. The minimum Gasteiger partial charge on any atom is -0.361 e. The number of halogens is 2. The van der Waals surface area contributed by atoms with Crippen LogP contribution in [-0.4, -0.2) is 11.5 Å². The average molecular weight is 227 g/mol. The summed E-state index contributed by atoms with van der Waals surface area (Å²) in [4.78, 5) is 3.06. The molecule has 0 spiro atoms. The van der Waals surface area contributed by atoms with Crippen molar-refractivity contribution >= 4 is 22.5 Å². The van der Waals surface area contributed by atoms with Gasteiger partial charge in [-0.3, -0.25) is 0 Å². The summed E-state index contributed by atoms with van der Waals surface area (Å²) < 4.78 is 13.3. The topological polar surface area (TPSA) is 41.8 Å². The largest absolute Gasteiger partial charge is 0.361 e. The van der Waals surface area contributed by atoms with Crippen LogP contribution >= 0.6 is 11.6 Å². The fourth-order valence-corrected chi connectivity index (χ4v) is 1.84. The van der Waals surface area contributed by atoms with E-state index in [1.54, 1.807) is 6.07 Å². The number of nitrogens with two attached hydrogens (primary N) is 1. The molecule has 2 aromatic rings. The summed E-state index contributed by atoms with van der Waals surface area (Å²) in [6.07, 6.45) is 1.86. The van der Waals surface area contributed by atoms with Crippen molar-refractivity contribution in [3.8, 4) is 0 Å². The van der Waals surface area contributed by atoms with E-state index in [0.29, 0.717) is 6.54 Å². The zero-order chi connectivity index (χ0) is 11.0. The van der Waals surface area contributed by atoms with Crippen molar-refractivity contribution in [2.75, 3.05) is 6.54 Å². The first-order valence-electron chi connectivity index (χ1n) is 4.79. The Balaban J connectivity index is 2.64. The Kier molecular flexibility index (Phi) is 2.67. The molecule has 2 rings (SSSR count). The Labute approximate surface area is 92.2 Å². The first kappa shape index (κ1) is 10.5. The molecule has 0 radical (unpaired) electrons. The maximum atomic E-state index is 13.3. The highest BCUT2D eigenvalue weighted by Gasteiger charge is 2.12. The van der Waals surface area contributed by atoms with E-state index in [1.165, 1.54) is 6.07 Å². The first-order valence-corrected chi connectivity index (χ1v) is 5.17. The van der Waals surface area contributed by atoms with Gasteiger partial charge in [0.15, 0.2) is 0 Å². The fourth-order valence-electron chi connectivity index (χ4n) is 1.67. The molecular formula is C11H12ClFN2. The number of aromatic nitrogens is 1. The smallest absolute Gasteiger partial charge is 0.142 e. The summed E-state index contributed by atoms with van der Waals surface area (Å²) in [6, 6.07) is 3.05. The number of rotatable bonds is 2. The van der Waals surface area contributed by atoms with E-state index >= 15 is 0 Å². The van der Waals surface area contributed by atoms with Crippen molar-refractivity contribution in [3.63, 3.8) is 0 Å². The van der Waals surface area contributed by atoms with Crippen molar-refractivity contribution in [2.24, 2.45) is 5.73 Å². The molecule has 1 heterocycles. The quantitative estimate of drug-likeness (QED) is 0.812. The maximum absolute atomic E-state index is 13.3. The van der Waals surface area contributed by atoms with Gasteiger partial charge in [-0.1, -0.05) is 18.5 Å². The van der Waals surface area contributed by atoms with Gasteiger partial charge < -0.3 is 10.7 Å². The van der Waals surface area contributed by atoms with Gasteiger partial charge in [0.05, 0.1) is 5.02 Å².